The minimum absolute atomic E-state index is 0.267. The molecule has 1 fully saturated rings. The summed E-state index contributed by atoms with van der Waals surface area (Å²) in [4.78, 5) is 16.8. The van der Waals surface area contributed by atoms with Crippen molar-refractivity contribution in [3.8, 4) is 0 Å². The van der Waals surface area contributed by atoms with Crippen LogP contribution < -0.4 is 0 Å². The highest BCUT2D eigenvalue weighted by Gasteiger charge is 2.21. The SMILES string of the molecule is Cc1ccccc1CC(=O)N1CCN(CC(C)C)CC1. The molecule has 0 unspecified atom stereocenters. The van der Waals surface area contributed by atoms with E-state index in [4.69, 9.17) is 0 Å². The quantitative estimate of drug-likeness (QED) is 0.841. The fourth-order valence-corrected chi connectivity index (χ4v) is 2.78. The lowest BCUT2D eigenvalue weighted by atomic mass is 10.1. The molecule has 20 heavy (non-hydrogen) atoms. The topological polar surface area (TPSA) is 23.6 Å². The number of hydrogen-bond acceptors (Lipinski definition) is 2. The maximum Gasteiger partial charge on any atom is 0.227 e. The molecular weight excluding hydrogens is 248 g/mol. The fourth-order valence-electron chi connectivity index (χ4n) is 2.78. The standard InChI is InChI=1S/C17H26N2O/c1-14(2)13-18-8-10-19(11-9-18)17(20)12-16-7-5-4-6-15(16)3/h4-7,14H,8-13H2,1-3H3. The monoisotopic (exact) mass is 274 g/mol. The van der Waals surface area contributed by atoms with E-state index >= 15 is 0 Å². The van der Waals surface area contributed by atoms with Crippen molar-refractivity contribution in [3.05, 3.63) is 35.4 Å². The Morgan fingerprint density at radius 3 is 2.40 bits per heavy atom. The average molecular weight is 274 g/mol. The molecule has 2 rings (SSSR count). The van der Waals surface area contributed by atoms with Crippen LogP contribution in [0.4, 0.5) is 0 Å². The van der Waals surface area contributed by atoms with Crippen molar-refractivity contribution in [3.63, 3.8) is 0 Å². The number of hydrogen-bond donors (Lipinski definition) is 0. The van der Waals surface area contributed by atoms with Crippen LogP contribution in [-0.2, 0) is 11.2 Å². The average Bonchev–Trinajstić information content (AvgIpc) is 2.41. The van der Waals surface area contributed by atoms with Crippen LogP contribution in [0.3, 0.4) is 0 Å². The molecule has 0 saturated carbocycles. The Morgan fingerprint density at radius 2 is 1.80 bits per heavy atom. The maximum absolute atomic E-state index is 12.4. The van der Waals surface area contributed by atoms with Gasteiger partial charge in [-0.15, -0.1) is 0 Å². The van der Waals surface area contributed by atoms with Gasteiger partial charge in [-0.3, -0.25) is 9.69 Å². The van der Waals surface area contributed by atoms with Crippen LogP contribution >= 0.6 is 0 Å². The number of benzene rings is 1. The van der Waals surface area contributed by atoms with Crippen LogP contribution in [0.15, 0.2) is 24.3 Å². The van der Waals surface area contributed by atoms with Gasteiger partial charge in [0.25, 0.3) is 0 Å². The van der Waals surface area contributed by atoms with Gasteiger partial charge in [-0.25, -0.2) is 0 Å². The van der Waals surface area contributed by atoms with Crippen LogP contribution in [0, 0.1) is 12.8 Å². The van der Waals surface area contributed by atoms with E-state index in [0.717, 1.165) is 38.3 Å². The van der Waals surface area contributed by atoms with Crippen molar-refractivity contribution in [1.29, 1.82) is 0 Å². The summed E-state index contributed by atoms with van der Waals surface area (Å²) in [5, 5.41) is 0. The first kappa shape index (κ1) is 15.0. The summed E-state index contributed by atoms with van der Waals surface area (Å²) in [5.41, 5.74) is 2.36. The largest absolute Gasteiger partial charge is 0.340 e. The minimum atomic E-state index is 0.267. The number of rotatable bonds is 4. The zero-order valence-electron chi connectivity index (χ0n) is 12.9. The van der Waals surface area contributed by atoms with Gasteiger partial charge in [0.15, 0.2) is 0 Å². The van der Waals surface area contributed by atoms with Gasteiger partial charge in [-0.1, -0.05) is 38.1 Å². The summed E-state index contributed by atoms with van der Waals surface area (Å²) in [7, 11) is 0. The molecule has 110 valence electrons. The van der Waals surface area contributed by atoms with Crippen molar-refractivity contribution in [1.82, 2.24) is 9.80 Å². The molecule has 0 bridgehead atoms. The van der Waals surface area contributed by atoms with E-state index in [-0.39, 0.29) is 5.91 Å². The van der Waals surface area contributed by atoms with Crippen LogP contribution in [0.1, 0.15) is 25.0 Å². The van der Waals surface area contributed by atoms with Gasteiger partial charge in [0, 0.05) is 32.7 Å². The highest BCUT2D eigenvalue weighted by atomic mass is 16.2. The van der Waals surface area contributed by atoms with Crippen molar-refractivity contribution in [2.75, 3.05) is 32.7 Å². The number of carbonyl (C=O) groups is 1. The second-order valence-corrected chi connectivity index (χ2v) is 6.18. The summed E-state index contributed by atoms with van der Waals surface area (Å²) < 4.78 is 0. The van der Waals surface area contributed by atoms with E-state index in [1.165, 1.54) is 5.56 Å². The van der Waals surface area contributed by atoms with Crippen molar-refractivity contribution < 1.29 is 4.79 Å². The molecule has 1 heterocycles. The van der Waals surface area contributed by atoms with Crippen LogP contribution in [0.5, 0.6) is 0 Å². The maximum atomic E-state index is 12.4. The van der Waals surface area contributed by atoms with Gasteiger partial charge >= 0.3 is 0 Å². The van der Waals surface area contributed by atoms with Crippen LogP contribution in [-0.4, -0.2) is 48.4 Å². The summed E-state index contributed by atoms with van der Waals surface area (Å²) in [6, 6.07) is 8.16. The minimum Gasteiger partial charge on any atom is -0.340 e. The number of aryl methyl sites for hydroxylation is 1. The van der Waals surface area contributed by atoms with E-state index in [1.807, 2.05) is 17.0 Å². The van der Waals surface area contributed by atoms with E-state index in [2.05, 4.69) is 37.8 Å². The Hall–Kier alpha value is -1.35. The third kappa shape index (κ3) is 4.07. The summed E-state index contributed by atoms with van der Waals surface area (Å²) >= 11 is 0. The first-order valence-corrected chi connectivity index (χ1v) is 7.61. The molecule has 1 aromatic carbocycles. The molecule has 3 nitrogen and oxygen atoms in total. The lowest BCUT2D eigenvalue weighted by molar-refractivity contribution is -0.132. The highest BCUT2D eigenvalue weighted by molar-refractivity contribution is 5.79. The molecule has 0 radical (unpaired) electrons. The Labute approximate surface area is 122 Å². The number of piperazine rings is 1. The molecule has 1 aromatic rings. The van der Waals surface area contributed by atoms with Crippen LogP contribution in [0.2, 0.25) is 0 Å². The smallest absolute Gasteiger partial charge is 0.227 e. The van der Waals surface area contributed by atoms with E-state index in [1.54, 1.807) is 0 Å². The first-order valence-electron chi connectivity index (χ1n) is 7.61. The normalized spacial score (nSPS) is 16.7. The van der Waals surface area contributed by atoms with Gasteiger partial charge in [-0.05, 0) is 24.0 Å². The molecule has 0 aromatic heterocycles. The number of carbonyl (C=O) groups excluding carboxylic acids is 1. The lowest BCUT2D eigenvalue weighted by Crippen LogP contribution is -2.49. The molecule has 1 saturated heterocycles. The Bertz CT molecular complexity index is 448. The van der Waals surface area contributed by atoms with Gasteiger partial charge in [-0.2, -0.15) is 0 Å². The van der Waals surface area contributed by atoms with Gasteiger partial charge in [0.1, 0.15) is 0 Å². The predicted molar refractivity (Wildman–Crippen MR) is 82.7 cm³/mol. The van der Waals surface area contributed by atoms with Crippen LogP contribution in [0.25, 0.3) is 0 Å². The number of amides is 1. The zero-order valence-corrected chi connectivity index (χ0v) is 12.9. The molecule has 0 atom stereocenters. The molecule has 0 spiro atoms. The summed E-state index contributed by atoms with van der Waals surface area (Å²) in [6.07, 6.45) is 0.539. The second-order valence-electron chi connectivity index (χ2n) is 6.18. The highest BCUT2D eigenvalue weighted by Crippen LogP contribution is 2.11. The molecular formula is C17H26N2O. The van der Waals surface area contributed by atoms with Gasteiger partial charge in [0.2, 0.25) is 5.91 Å². The van der Waals surface area contributed by atoms with E-state index in [0.29, 0.717) is 12.3 Å². The third-order valence-corrected chi connectivity index (χ3v) is 3.95. The van der Waals surface area contributed by atoms with Gasteiger partial charge < -0.3 is 4.90 Å². The molecule has 0 N–H and O–H groups in total. The lowest BCUT2D eigenvalue weighted by Gasteiger charge is -2.35. The van der Waals surface area contributed by atoms with Crippen molar-refractivity contribution >= 4 is 5.91 Å². The number of nitrogens with zero attached hydrogens (tertiary/aromatic N) is 2. The summed E-state index contributed by atoms with van der Waals surface area (Å²) in [5.74, 6) is 0.965. The zero-order chi connectivity index (χ0) is 14.5. The Balaban J connectivity index is 1.85. The fraction of sp³-hybridized carbons (Fsp3) is 0.588. The Morgan fingerprint density at radius 1 is 1.15 bits per heavy atom. The third-order valence-electron chi connectivity index (χ3n) is 3.95. The summed E-state index contributed by atoms with van der Waals surface area (Å²) in [6.45, 7) is 11.5. The van der Waals surface area contributed by atoms with Crippen molar-refractivity contribution in [2.45, 2.75) is 27.2 Å². The molecule has 1 aliphatic heterocycles. The molecule has 0 aliphatic carbocycles. The Kier molecular flexibility index (Phi) is 5.18. The molecule has 3 heteroatoms. The van der Waals surface area contributed by atoms with E-state index in [9.17, 15) is 4.79 Å². The second kappa shape index (κ2) is 6.89. The molecule has 1 amide bonds. The predicted octanol–water partition coefficient (Wildman–Crippen LogP) is 2.34. The van der Waals surface area contributed by atoms with E-state index < -0.39 is 0 Å². The first-order chi connectivity index (χ1) is 9.56. The van der Waals surface area contributed by atoms with Gasteiger partial charge in [0.05, 0.1) is 6.42 Å². The molecule has 1 aliphatic rings. The van der Waals surface area contributed by atoms with Crippen molar-refractivity contribution in [2.24, 2.45) is 5.92 Å².